The van der Waals surface area contributed by atoms with E-state index in [1.807, 2.05) is 72.9 Å². The molecule has 0 bridgehead atoms. The third-order valence-corrected chi connectivity index (χ3v) is 5.06. The molecule has 2 N–H and O–H groups in total. The Morgan fingerprint density at radius 3 is 2.48 bits per heavy atom. The van der Waals surface area contributed by atoms with Crippen LogP contribution < -0.4 is 10.6 Å². The molecule has 0 saturated carbocycles. The van der Waals surface area contributed by atoms with Crippen LogP contribution in [0.1, 0.15) is 36.2 Å². The molecule has 3 aromatic rings. The average Bonchev–Trinajstić information content (AvgIpc) is 3.21. The first-order valence-electron chi connectivity index (χ1n) is 10.2. The van der Waals surface area contributed by atoms with Crippen LogP contribution in [0.2, 0.25) is 5.02 Å². The molecule has 0 spiro atoms. The monoisotopic (exact) mass is 439 g/mol. The predicted molar refractivity (Wildman–Crippen MR) is 121 cm³/mol. The maximum absolute atomic E-state index is 12.6. The van der Waals surface area contributed by atoms with Gasteiger partial charge in [0.15, 0.2) is 0 Å². The van der Waals surface area contributed by atoms with Crippen molar-refractivity contribution >= 4 is 23.6 Å². The van der Waals surface area contributed by atoms with E-state index in [2.05, 4.69) is 15.2 Å². The minimum Gasteiger partial charge on any atom is -0.466 e. The van der Waals surface area contributed by atoms with E-state index in [0.29, 0.717) is 24.7 Å². The Morgan fingerprint density at radius 2 is 1.77 bits per heavy atom. The first kappa shape index (κ1) is 22.4. The highest BCUT2D eigenvalue weighted by Gasteiger charge is 2.19. The minimum absolute atomic E-state index is 0.0677. The normalized spacial score (nSPS) is 11.5. The van der Waals surface area contributed by atoms with Gasteiger partial charge in [-0.3, -0.25) is 4.79 Å². The lowest BCUT2D eigenvalue weighted by atomic mass is 10.0. The van der Waals surface area contributed by atoms with E-state index in [1.54, 1.807) is 6.92 Å². The Morgan fingerprint density at radius 1 is 1.03 bits per heavy atom. The standard InChI is InChI=1S/C24H26ClN3O3/c1-2-31-23(29)15-22(19-7-4-3-5-8-19)27-24(30)26-16-21-9-6-14-28(21)17-18-10-12-20(25)13-11-18/h3-14,22H,2,15-17H2,1H3,(H2,26,27,30)/t22-/m1/s1. The van der Waals surface area contributed by atoms with E-state index in [0.717, 1.165) is 16.8 Å². The number of carbonyl (C=O) groups is 2. The van der Waals surface area contributed by atoms with E-state index in [4.69, 9.17) is 16.3 Å². The quantitative estimate of drug-likeness (QED) is 0.475. The zero-order valence-electron chi connectivity index (χ0n) is 17.4. The van der Waals surface area contributed by atoms with Gasteiger partial charge in [0.1, 0.15) is 0 Å². The number of urea groups is 1. The third-order valence-electron chi connectivity index (χ3n) is 4.80. The summed E-state index contributed by atoms with van der Waals surface area (Å²) in [6, 6.07) is 20.1. The zero-order chi connectivity index (χ0) is 22.1. The molecular formula is C24H26ClN3O3. The topological polar surface area (TPSA) is 72.4 Å². The molecule has 1 heterocycles. The second-order valence-corrected chi connectivity index (χ2v) is 7.49. The van der Waals surface area contributed by atoms with Gasteiger partial charge in [-0.2, -0.15) is 0 Å². The van der Waals surface area contributed by atoms with Crippen LogP contribution in [0.3, 0.4) is 0 Å². The second-order valence-electron chi connectivity index (χ2n) is 7.05. The van der Waals surface area contributed by atoms with Crippen molar-refractivity contribution in [3.8, 4) is 0 Å². The van der Waals surface area contributed by atoms with Crippen molar-refractivity contribution in [2.45, 2.75) is 32.5 Å². The van der Waals surface area contributed by atoms with Gasteiger partial charge in [0.25, 0.3) is 0 Å². The molecular weight excluding hydrogens is 414 g/mol. The Kier molecular flexibility index (Phi) is 8.12. The number of amides is 2. The van der Waals surface area contributed by atoms with Crippen LogP contribution in [0.15, 0.2) is 72.9 Å². The fourth-order valence-corrected chi connectivity index (χ4v) is 3.38. The van der Waals surface area contributed by atoms with Crippen LogP contribution in [0, 0.1) is 0 Å². The molecule has 162 valence electrons. The molecule has 0 aliphatic heterocycles. The number of rotatable bonds is 9. The van der Waals surface area contributed by atoms with Gasteiger partial charge in [0.2, 0.25) is 0 Å². The largest absolute Gasteiger partial charge is 0.466 e. The van der Waals surface area contributed by atoms with E-state index in [9.17, 15) is 9.59 Å². The number of ether oxygens (including phenoxy) is 1. The van der Waals surface area contributed by atoms with Crippen molar-refractivity contribution in [3.63, 3.8) is 0 Å². The zero-order valence-corrected chi connectivity index (χ0v) is 18.1. The minimum atomic E-state index is -0.471. The van der Waals surface area contributed by atoms with Gasteiger partial charge in [-0.1, -0.05) is 54.1 Å². The van der Waals surface area contributed by atoms with Crippen LogP contribution in [-0.2, 0) is 22.6 Å². The summed E-state index contributed by atoms with van der Waals surface area (Å²) in [5.74, 6) is -0.353. The summed E-state index contributed by atoms with van der Waals surface area (Å²) in [5.41, 5.74) is 2.92. The Balaban J connectivity index is 1.60. The van der Waals surface area contributed by atoms with Crippen LogP contribution in [0.4, 0.5) is 4.79 Å². The summed E-state index contributed by atoms with van der Waals surface area (Å²) < 4.78 is 7.12. The smallest absolute Gasteiger partial charge is 0.315 e. The molecule has 31 heavy (non-hydrogen) atoms. The number of hydrogen-bond acceptors (Lipinski definition) is 3. The lowest BCUT2D eigenvalue weighted by Gasteiger charge is -2.19. The van der Waals surface area contributed by atoms with Crippen molar-refractivity contribution in [1.29, 1.82) is 0 Å². The van der Waals surface area contributed by atoms with Crippen molar-refractivity contribution in [3.05, 3.63) is 94.8 Å². The molecule has 0 saturated heterocycles. The molecule has 0 aliphatic carbocycles. The summed E-state index contributed by atoms with van der Waals surface area (Å²) in [5, 5.41) is 6.47. The molecule has 3 rings (SSSR count). The number of esters is 1. The van der Waals surface area contributed by atoms with Crippen molar-refractivity contribution < 1.29 is 14.3 Å². The van der Waals surface area contributed by atoms with E-state index in [-0.39, 0.29) is 18.4 Å². The van der Waals surface area contributed by atoms with Crippen molar-refractivity contribution in [2.24, 2.45) is 0 Å². The number of aromatic nitrogens is 1. The molecule has 7 heteroatoms. The SMILES string of the molecule is CCOC(=O)C[C@@H](NC(=O)NCc1cccn1Cc1ccc(Cl)cc1)c1ccccc1. The Labute approximate surface area is 187 Å². The van der Waals surface area contributed by atoms with Crippen LogP contribution >= 0.6 is 11.6 Å². The van der Waals surface area contributed by atoms with Crippen molar-refractivity contribution in [1.82, 2.24) is 15.2 Å². The molecule has 0 aliphatic rings. The lowest BCUT2D eigenvalue weighted by molar-refractivity contribution is -0.143. The fourth-order valence-electron chi connectivity index (χ4n) is 3.25. The van der Waals surface area contributed by atoms with Gasteiger partial charge < -0.3 is 19.9 Å². The summed E-state index contributed by atoms with van der Waals surface area (Å²) in [4.78, 5) is 24.6. The van der Waals surface area contributed by atoms with Gasteiger partial charge in [0, 0.05) is 23.5 Å². The molecule has 2 amide bonds. The fraction of sp³-hybridized carbons (Fsp3) is 0.250. The molecule has 6 nitrogen and oxygen atoms in total. The molecule has 0 fully saturated rings. The summed E-state index contributed by atoms with van der Waals surface area (Å²) in [6.07, 6.45) is 2.04. The molecule has 2 aromatic carbocycles. The molecule has 0 unspecified atom stereocenters. The molecule has 1 aromatic heterocycles. The second kappa shape index (κ2) is 11.2. The van der Waals surface area contributed by atoms with E-state index >= 15 is 0 Å². The Bertz CT molecular complexity index is 987. The van der Waals surface area contributed by atoms with E-state index < -0.39 is 6.04 Å². The van der Waals surface area contributed by atoms with E-state index in [1.165, 1.54) is 0 Å². The highest BCUT2D eigenvalue weighted by molar-refractivity contribution is 6.30. The molecule has 1 atom stereocenters. The number of hydrogen-bond donors (Lipinski definition) is 2. The van der Waals surface area contributed by atoms with Crippen molar-refractivity contribution in [2.75, 3.05) is 6.61 Å². The maximum atomic E-state index is 12.6. The van der Waals surface area contributed by atoms with Gasteiger partial charge >= 0.3 is 12.0 Å². The number of nitrogens with zero attached hydrogens (tertiary/aromatic N) is 1. The lowest BCUT2D eigenvalue weighted by Crippen LogP contribution is -2.38. The van der Waals surface area contributed by atoms with Gasteiger partial charge in [0.05, 0.1) is 25.6 Å². The first-order chi connectivity index (χ1) is 15.0. The summed E-state index contributed by atoms with van der Waals surface area (Å²) in [7, 11) is 0. The van der Waals surface area contributed by atoms with Crippen LogP contribution in [0.25, 0.3) is 0 Å². The number of carbonyl (C=O) groups excluding carboxylic acids is 2. The highest BCUT2D eigenvalue weighted by Crippen LogP contribution is 2.17. The van der Waals surface area contributed by atoms with Crippen LogP contribution in [-0.4, -0.2) is 23.2 Å². The third kappa shape index (κ3) is 6.89. The highest BCUT2D eigenvalue weighted by atomic mass is 35.5. The Hall–Kier alpha value is -3.25. The summed E-state index contributed by atoms with van der Waals surface area (Å²) >= 11 is 5.95. The average molecular weight is 440 g/mol. The predicted octanol–water partition coefficient (Wildman–Crippen LogP) is 4.68. The first-order valence-corrected chi connectivity index (χ1v) is 10.6. The van der Waals surface area contributed by atoms with Gasteiger partial charge in [-0.15, -0.1) is 0 Å². The maximum Gasteiger partial charge on any atom is 0.315 e. The van der Waals surface area contributed by atoms with Gasteiger partial charge in [-0.25, -0.2) is 4.79 Å². The summed E-state index contributed by atoms with van der Waals surface area (Å²) in [6.45, 7) is 3.09. The number of benzene rings is 2. The van der Waals surface area contributed by atoms with Crippen LogP contribution in [0.5, 0.6) is 0 Å². The molecule has 0 radical (unpaired) electrons. The number of nitrogens with one attached hydrogen (secondary N) is 2. The van der Waals surface area contributed by atoms with Gasteiger partial charge in [-0.05, 0) is 42.3 Å². The number of halogens is 1.